The van der Waals surface area contributed by atoms with Crippen molar-refractivity contribution < 1.29 is 14.3 Å². The molecule has 4 aromatic rings. The molecule has 6 rings (SSSR count). The van der Waals surface area contributed by atoms with Gasteiger partial charge in [0.25, 0.3) is 0 Å². The average Bonchev–Trinajstić information content (AvgIpc) is 3.45. The van der Waals surface area contributed by atoms with Gasteiger partial charge in [-0.1, -0.05) is 18.2 Å². The highest BCUT2D eigenvalue weighted by Gasteiger charge is 2.46. The predicted octanol–water partition coefficient (Wildman–Crippen LogP) is 4.39. The summed E-state index contributed by atoms with van der Waals surface area (Å²) in [6.45, 7) is 6.39. The molecule has 1 aromatic carbocycles. The zero-order chi connectivity index (χ0) is 24.9. The van der Waals surface area contributed by atoms with Crippen molar-refractivity contribution in [1.82, 2.24) is 25.5 Å². The molecular weight excluding hydrogens is 456 g/mol. The van der Waals surface area contributed by atoms with E-state index in [0.717, 1.165) is 59.3 Å². The van der Waals surface area contributed by atoms with Crippen LogP contribution in [0.4, 0.5) is 10.6 Å². The molecule has 2 fully saturated rings. The third kappa shape index (κ3) is 3.67. The smallest absolute Gasteiger partial charge is 0.416 e. The number of aryl methyl sites for hydroxylation is 1. The van der Waals surface area contributed by atoms with Gasteiger partial charge < -0.3 is 14.8 Å². The van der Waals surface area contributed by atoms with Crippen molar-refractivity contribution in [1.29, 1.82) is 0 Å². The number of aromatic amines is 1. The fourth-order valence-electron chi connectivity index (χ4n) is 5.12. The van der Waals surface area contributed by atoms with Gasteiger partial charge in [0.1, 0.15) is 34.1 Å². The molecule has 2 aliphatic rings. The number of carbonyl (C=O) groups is 1. The van der Waals surface area contributed by atoms with Crippen molar-refractivity contribution in [2.75, 3.05) is 31.6 Å². The summed E-state index contributed by atoms with van der Waals surface area (Å²) in [6.07, 6.45) is 3.01. The Morgan fingerprint density at radius 2 is 1.94 bits per heavy atom. The third-order valence-corrected chi connectivity index (χ3v) is 7.36. The summed E-state index contributed by atoms with van der Waals surface area (Å²) in [6, 6.07) is 11.9. The van der Waals surface area contributed by atoms with Gasteiger partial charge in [0, 0.05) is 36.2 Å². The van der Waals surface area contributed by atoms with Gasteiger partial charge in [-0.25, -0.2) is 14.8 Å². The van der Waals surface area contributed by atoms with Crippen LogP contribution < -0.4 is 15.0 Å². The van der Waals surface area contributed by atoms with Crippen LogP contribution in [-0.2, 0) is 4.74 Å². The first kappa shape index (κ1) is 22.5. The maximum atomic E-state index is 12.6. The summed E-state index contributed by atoms with van der Waals surface area (Å²) in [5, 5.41) is 10.9. The predicted molar refractivity (Wildman–Crippen MR) is 137 cm³/mol. The Hall–Kier alpha value is -3.98. The fourth-order valence-corrected chi connectivity index (χ4v) is 5.12. The normalized spacial score (nSPS) is 17.1. The minimum atomic E-state index is -0.422. The van der Waals surface area contributed by atoms with Gasteiger partial charge in [0.2, 0.25) is 0 Å². The van der Waals surface area contributed by atoms with E-state index in [9.17, 15) is 4.79 Å². The summed E-state index contributed by atoms with van der Waals surface area (Å²) in [4.78, 5) is 23.8. The number of H-pyrrole nitrogens is 1. The van der Waals surface area contributed by atoms with Crippen LogP contribution in [0.2, 0.25) is 0 Å². The van der Waals surface area contributed by atoms with Crippen molar-refractivity contribution in [2.45, 2.75) is 32.3 Å². The number of aromatic nitrogens is 4. The minimum Gasteiger partial charge on any atom is -0.494 e. The van der Waals surface area contributed by atoms with Crippen LogP contribution in [0, 0.1) is 13.8 Å². The highest BCUT2D eigenvalue weighted by atomic mass is 16.6. The molecule has 1 amide bonds. The Balaban J connectivity index is 1.35. The molecule has 2 aliphatic heterocycles. The number of nitrogens with zero attached hydrogens (tertiary/aromatic N) is 4. The zero-order valence-corrected chi connectivity index (χ0v) is 20.6. The largest absolute Gasteiger partial charge is 0.494 e. The summed E-state index contributed by atoms with van der Waals surface area (Å²) >= 11 is 0. The van der Waals surface area contributed by atoms with Gasteiger partial charge in [-0.05, 0) is 50.2 Å². The number of piperidine rings is 1. The molecule has 0 saturated carbocycles. The maximum Gasteiger partial charge on any atom is 0.416 e. The number of carbonyl (C=O) groups excluding carboxylic acids is 1. The number of ether oxygens (including phenoxy) is 2. The second-order valence-electron chi connectivity index (χ2n) is 9.55. The van der Waals surface area contributed by atoms with E-state index < -0.39 is 5.60 Å². The van der Waals surface area contributed by atoms with E-state index >= 15 is 0 Å². The van der Waals surface area contributed by atoms with Gasteiger partial charge in [0.05, 0.1) is 19.2 Å². The van der Waals surface area contributed by atoms with E-state index in [1.54, 1.807) is 18.2 Å². The van der Waals surface area contributed by atoms with E-state index in [1.165, 1.54) is 5.56 Å². The third-order valence-electron chi connectivity index (χ3n) is 7.36. The van der Waals surface area contributed by atoms with E-state index in [4.69, 9.17) is 14.5 Å². The number of benzene rings is 1. The second-order valence-corrected chi connectivity index (χ2v) is 9.55. The van der Waals surface area contributed by atoms with E-state index in [2.05, 4.69) is 46.5 Å². The standard InChI is InChI=1S/C27H28N6O3/c1-16-5-4-6-19(17(16)2)24-21(35-3)13-20-25(30-24)23(32-31-20)18-7-8-22(29-14-18)33-15-27(36-26(33)34)9-11-28-12-10-27/h4-8,13-14,28H,9-12,15H2,1-3H3,(H,31,32). The molecule has 2 saturated heterocycles. The lowest BCUT2D eigenvalue weighted by Gasteiger charge is -2.31. The maximum absolute atomic E-state index is 12.6. The molecule has 184 valence electrons. The molecule has 9 heteroatoms. The van der Waals surface area contributed by atoms with Crippen LogP contribution in [0.25, 0.3) is 33.5 Å². The van der Waals surface area contributed by atoms with Crippen LogP contribution >= 0.6 is 0 Å². The monoisotopic (exact) mass is 484 g/mol. The highest BCUT2D eigenvalue weighted by Crippen LogP contribution is 2.37. The molecule has 0 bridgehead atoms. The first-order chi connectivity index (χ1) is 17.5. The van der Waals surface area contributed by atoms with Crippen LogP contribution in [0.5, 0.6) is 5.75 Å². The lowest BCUT2D eigenvalue weighted by molar-refractivity contribution is 0.0316. The van der Waals surface area contributed by atoms with E-state index in [1.807, 2.05) is 24.3 Å². The Morgan fingerprint density at radius 1 is 1.11 bits per heavy atom. The van der Waals surface area contributed by atoms with Crippen molar-refractivity contribution in [3.63, 3.8) is 0 Å². The summed E-state index contributed by atoms with van der Waals surface area (Å²) in [5.74, 6) is 1.25. The van der Waals surface area contributed by atoms with E-state index in [0.29, 0.717) is 23.8 Å². The Morgan fingerprint density at radius 3 is 2.69 bits per heavy atom. The van der Waals surface area contributed by atoms with Crippen LogP contribution in [0.15, 0.2) is 42.6 Å². The molecule has 2 N–H and O–H groups in total. The van der Waals surface area contributed by atoms with Gasteiger partial charge in [-0.3, -0.25) is 10.00 Å². The SMILES string of the molecule is COc1cc2[nH]nc(-c3ccc(N4CC5(CCNCC5)OC4=O)nc3)c2nc1-c1cccc(C)c1C. The molecule has 9 nitrogen and oxygen atoms in total. The lowest BCUT2D eigenvalue weighted by atomic mass is 9.92. The van der Waals surface area contributed by atoms with Crippen molar-refractivity contribution >= 4 is 22.9 Å². The first-order valence-corrected chi connectivity index (χ1v) is 12.2. The average molecular weight is 485 g/mol. The first-order valence-electron chi connectivity index (χ1n) is 12.2. The Kier molecular flexibility index (Phi) is 5.37. The van der Waals surface area contributed by atoms with E-state index in [-0.39, 0.29) is 6.09 Å². The molecule has 0 unspecified atom stereocenters. The minimum absolute atomic E-state index is 0.339. The highest BCUT2D eigenvalue weighted by molar-refractivity contribution is 5.93. The molecule has 0 aliphatic carbocycles. The van der Waals surface area contributed by atoms with Gasteiger partial charge >= 0.3 is 6.09 Å². The molecule has 5 heterocycles. The van der Waals surface area contributed by atoms with Crippen LogP contribution in [-0.4, -0.2) is 58.6 Å². The van der Waals surface area contributed by atoms with Gasteiger partial charge in [-0.2, -0.15) is 5.10 Å². The second kappa shape index (κ2) is 8.60. The number of pyridine rings is 2. The summed E-state index contributed by atoms with van der Waals surface area (Å²) in [5.41, 5.74) is 6.72. The number of methoxy groups -OCH3 is 1. The lowest BCUT2D eigenvalue weighted by Crippen LogP contribution is -2.44. The van der Waals surface area contributed by atoms with Gasteiger partial charge in [-0.15, -0.1) is 0 Å². The summed E-state index contributed by atoms with van der Waals surface area (Å²) in [7, 11) is 1.65. The number of amides is 1. The molecule has 3 aromatic heterocycles. The number of hydrogen-bond acceptors (Lipinski definition) is 7. The number of fused-ring (bicyclic) bond motifs is 1. The molecule has 0 atom stereocenters. The molecule has 0 radical (unpaired) electrons. The number of nitrogens with one attached hydrogen (secondary N) is 2. The number of hydrogen-bond donors (Lipinski definition) is 2. The zero-order valence-electron chi connectivity index (χ0n) is 20.6. The van der Waals surface area contributed by atoms with Gasteiger partial charge in [0.15, 0.2) is 0 Å². The molecule has 1 spiro atoms. The van der Waals surface area contributed by atoms with Crippen LogP contribution in [0.1, 0.15) is 24.0 Å². The van der Waals surface area contributed by atoms with Crippen molar-refractivity contribution in [2.24, 2.45) is 0 Å². The molecule has 36 heavy (non-hydrogen) atoms. The number of rotatable bonds is 4. The summed E-state index contributed by atoms with van der Waals surface area (Å²) < 4.78 is 11.5. The Bertz CT molecular complexity index is 1460. The van der Waals surface area contributed by atoms with Crippen molar-refractivity contribution in [3.05, 3.63) is 53.7 Å². The molecular formula is C27H28N6O3. The van der Waals surface area contributed by atoms with Crippen LogP contribution in [0.3, 0.4) is 0 Å². The topological polar surface area (TPSA) is 105 Å². The Labute approximate surface area is 208 Å². The number of anilines is 1. The van der Waals surface area contributed by atoms with Crippen molar-refractivity contribution in [3.8, 4) is 28.3 Å². The quantitative estimate of drug-likeness (QED) is 0.443. The fraction of sp³-hybridized carbons (Fsp3) is 0.333.